The van der Waals surface area contributed by atoms with E-state index in [0.29, 0.717) is 12.8 Å². The highest BCUT2D eigenvalue weighted by Crippen LogP contribution is 2.17. The second kappa shape index (κ2) is 17.0. The van der Waals surface area contributed by atoms with Crippen LogP contribution in [0.3, 0.4) is 0 Å². The molecule has 13 nitrogen and oxygen atoms in total. The van der Waals surface area contributed by atoms with Gasteiger partial charge in [0.15, 0.2) is 5.96 Å². The van der Waals surface area contributed by atoms with Gasteiger partial charge in [-0.05, 0) is 41.7 Å². The number of guanidine groups is 1. The largest absolute Gasteiger partial charge is 0.370 e. The van der Waals surface area contributed by atoms with Crippen LogP contribution in [0, 0.1) is 0 Å². The zero-order chi connectivity index (χ0) is 32.8. The molecule has 238 valence electrons. The van der Waals surface area contributed by atoms with Gasteiger partial charge < -0.3 is 38.5 Å². The summed E-state index contributed by atoms with van der Waals surface area (Å²) in [5.41, 5.74) is 17.8. The Morgan fingerprint density at radius 3 is 2.00 bits per heavy atom. The van der Waals surface area contributed by atoms with Gasteiger partial charge in [0.1, 0.15) is 24.2 Å². The summed E-state index contributed by atoms with van der Waals surface area (Å²) in [5, 5.41) is 12.5. The highest BCUT2D eigenvalue weighted by Gasteiger charge is 2.30. The predicted molar refractivity (Wildman–Crippen MR) is 171 cm³/mol. The van der Waals surface area contributed by atoms with Gasteiger partial charge in [-0.3, -0.25) is 29.0 Å². The number of hydrogen-bond acceptors (Lipinski definition) is 6. The van der Waals surface area contributed by atoms with E-state index in [-0.39, 0.29) is 31.8 Å². The molecule has 45 heavy (non-hydrogen) atoms. The molecular formula is C32H40N8O5. The second-order valence-electron chi connectivity index (χ2n) is 10.6. The highest BCUT2D eigenvalue weighted by molar-refractivity contribution is 5.95. The number of nitrogens with zero attached hydrogens (tertiary/aromatic N) is 1. The third-order valence-corrected chi connectivity index (χ3v) is 7.12. The number of hydrogen-bond donors (Lipinski definition) is 7. The van der Waals surface area contributed by atoms with Crippen molar-refractivity contribution in [3.63, 3.8) is 0 Å². The van der Waals surface area contributed by atoms with E-state index < -0.39 is 47.8 Å². The van der Waals surface area contributed by atoms with Crippen molar-refractivity contribution in [1.82, 2.24) is 21.3 Å². The van der Waals surface area contributed by atoms with Crippen molar-refractivity contribution in [3.8, 4) is 0 Å². The Morgan fingerprint density at radius 1 is 0.733 bits per heavy atom. The van der Waals surface area contributed by atoms with Crippen LogP contribution in [0.25, 0.3) is 10.8 Å². The van der Waals surface area contributed by atoms with Crippen LogP contribution in [0.1, 0.15) is 30.9 Å². The van der Waals surface area contributed by atoms with Gasteiger partial charge in [-0.15, -0.1) is 0 Å². The molecule has 0 saturated heterocycles. The summed E-state index contributed by atoms with van der Waals surface area (Å²) in [4.78, 5) is 67.3. The van der Waals surface area contributed by atoms with Crippen LogP contribution in [0.5, 0.6) is 0 Å². The van der Waals surface area contributed by atoms with Gasteiger partial charge in [-0.25, -0.2) is 0 Å². The van der Waals surface area contributed by atoms with Crippen molar-refractivity contribution < 1.29 is 24.0 Å². The Bertz CT molecular complexity index is 1510. The average molecular weight is 617 g/mol. The minimum atomic E-state index is -1.12. The lowest BCUT2D eigenvalue weighted by atomic mass is 10.00. The molecule has 0 fully saturated rings. The van der Waals surface area contributed by atoms with Gasteiger partial charge >= 0.3 is 0 Å². The summed E-state index contributed by atoms with van der Waals surface area (Å²) >= 11 is 0. The number of benzene rings is 3. The zero-order valence-electron chi connectivity index (χ0n) is 25.1. The van der Waals surface area contributed by atoms with Crippen molar-refractivity contribution in [3.05, 3.63) is 83.9 Å². The molecule has 0 bridgehead atoms. The molecular weight excluding hydrogens is 576 g/mol. The molecule has 0 aliphatic rings. The number of aliphatic imine (C=N–C) groups is 1. The lowest BCUT2D eigenvalue weighted by Gasteiger charge is -2.25. The van der Waals surface area contributed by atoms with Crippen LogP contribution < -0.4 is 38.5 Å². The Kier molecular flexibility index (Phi) is 12.9. The first-order valence-corrected chi connectivity index (χ1v) is 14.5. The number of rotatable bonds is 17. The molecule has 0 aromatic heterocycles. The average Bonchev–Trinajstić information content (AvgIpc) is 3.02. The summed E-state index contributed by atoms with van der Waals surface area (Å²) in [7, 11) is 0. The second-order valence-corrected chi connectivity index (χ2v) is 10.6. The molecule has 0 saturated carbocycles. The summed E-state index contributed by atoms with van der Waals surface area (Å²) in [5.74, 6) is -2.72. The van der Waals surface area contributed by atoms with Crippen LogP contribution in [-0.2, 0) is 36.8 Å². The molecule has 10 N–H and O–H groups in total. The molecule has 3 aromatic carbocycles. The maximum atomic E-state index is 13.7. The molecule has 13 heteroatoms. The van der Waals surface area contributed by atoms with Crippen molar-refractivity contribution in [1.29, 1.82) is 0 Å². The molecule has 0 radical (unpaired) electrons. The third-order valence-electron chi connectivity index (χ3n) is 7.12. The van der Waals surface area contributed by atoms with Crippen LogP contribution in [0.15, 0.2) is 77.8 Å². The topological polar surface area (TPSA) is 224 Å². The van der Waals surface area contributed by atoms with E-state index in [1.807, 2.05) is 72.8 Å². The monoisotopic (exact) mass is 616 g/mol. The molecule has 5 amide bonds. The van der Waals surface area contributed by atoms with E-state index in [2.05, 4.69) is 26.3 Å². The number of carbonyl (C=O) groups excluding carboxylic acids is 5. The van der Waals surface area contributed by atoms with E-state index >= 15 is 0 Å². The lowest BCUT2D eigenvalue weighted by molar-refractivity contribution is -0.133. The summed E-state index contributed by atoms with van der Waals surface area (Å²) < 4.78 is 0. The van der Waals surface area contributed by atoms with Crippen molar-refractivity contribution in [2.45, 2.75) is 56.8 Å². The minimum Gasteiger partial charge on any atom is -0.370 e. The van der Waals surface area contributed by atoms with Gasteiger partial charge in [0, 0.05) is 19.4 Å². The van der Waals surface area contributed by atoms with Crippen molar-refractivity contribution in [2.75, 3.05) is 6.54 Å². The van der Waals surface area contributed by atoms with Gasteiger partial charge in [-0.1, -0.05) is 72.8 Å². The third kappa shape index (κ3) is 11.0. The smallest absolute Gasteiger partial charge is 0.243 e. The number of carbonyl (C=O) groups is 5. The summed E-state index contributed by atoms with van der Waals surface area (Å²) in [6.45, 7) is 1.63. The number of nitrogens with two attached hydrogens (primary N) is 3. The Morgan fingerprint density at radius 2 is 1.33 bits per heavy atom. The summed E-state index contributed by atoms with van der Waals surface area (Å²) in [6.07, 6.45) is 1.14. The van der Waals surface area contributed by atoms with Crippen LogP contribution >= 0.6 is 0 Å². The van der Waals surface area contributed by atoms with Gasteiger partial charge in [0.05, 0.1) is 0 Å². The molecule has 3 aromatic rings. The molecule has 2 unspecified atom stereocenters. The first-order valence-electron chi connectivity index (χ1n) is 14.5. The fourth-order valence-corrected chi connectivity index (χ4v) is 4.67. The quantitative estimate of drug-likeness (QED) is 0.0466. The van der Waals surface area contributed by atoms with E-state index in [1.54, 1.807) is 0 Å². The first-order chi connectivity index (χ1) is 21.6. The zero-order valence-corrected chi connectivity index (χ0v) is 25.1. The standard InChI is InChI=1S/C32H40N8O5/c1-20(28(33)42)38-31(45)27(18-22-13-14-23-10-5-6-11-24(23)16-22)40-29(43)25(12-7-15-36-32(34)35)39-30(44)26(37-19-41)17-21-8-3-2-4-9-21/h2-6,8-11,13-14,16,19-20,25-27H,7,12,15,17-18H2,1H3,(H2,33,42)(H,37,41)(H,38,45)(H,39,44)(H,40,43)(H4,34,35,36)/t20-,25?,26?,27-/m0/s1. The Hall–Kier alpha value is -5.46. The van der Waals surface area contributed by atoms with E-state index in [9.17, 15) is 24.0 Å². The number of nitrogens with one attached hydrogen (secondary N) is 4. The SMILES string of the molecule is C[C@H](NC(=O)[C@H](Cc1ccc2ccccc2c1)NC(=O)C(CCCN=C(N)N)NC(=O)C(Cc1ccccc1)NC=O)C(N)=O. The molecule has 0 heterocycles. The minimum absolute atomic E-state index is 0.0892. The van der Waals surface area contributed by atoms with Gasteiger partial charge in [0.2, 0.25) is 30.0 Å². The van der Waals surface area contributed by atoms with Crippen molar-refractivity contribution >= 4 is 46.8 Å². The van der Waals surface area contributed by atoms with Crippen LogP contribution in [0.2, 0.25) is 0 Å². The van der Waals surface area contributed by atoms with E-state index in [0.717, 1.165) is 21.9 Å². The summed E-state index contributed by atoms with van der Waals surface area (Å²) in [6, 6.07) is 18.3. The Balaban J connectivity index is 1.84. The fraction of sp³-hybridized carbons (Fsp3) is 0.312. The number of primary amides is 1. The Labute approximate surface area is 261 Å². The predicted octanol–water partition coefficient (Wildman–Crippen LogP) is -0.247. The highest BCUT2D eigenvalue weighted by atomic mass is 16.2. The maximum Gasteiger partial charge on any atom is 0.243 e. The molecule has 3 rings (SSSR count). The van der Waals surface area contributed by atoms with Crippen LogP contribution in [-0.4, -0.2) is 66.7 Å². The van der Waals surface area contributed by atoms with Gasteiger partial charge in [-0.2, -0.15) is 0 Å². The number of amides is 5. The lowest BCUT2D eigenvalue weighted by Crippen LogP contribution is -2.58. The van der Waals surface area contributed by atoms with E-state index in [4.69, 9.17) is 17.2 Å². The normalized spacial score (nSPS) is 13.4. The first kappa shape index (κ1) is 34.0. The molecule has 0 spiro atoms. The molecule has 4 atom stereocenters. The van der Waals surface area contributed by atoms with E-state index in [1.165, 1.54) is 6.92 Å². The maximum absolute atomic E-state index is 13.7. The number of fused-ring (bicyclic) bond motifs is 1. The molecule has 0 aliphatic carbocycles. The fourth-order valence-electron chi connectivity index (χ4n) is 4.67. The van der Waals surface area contributed by atoms with Crippen LogP contribution in [0.4, 0.5) is 0 Å². The van der Waals surface area contributed by atoms with Gasteiger partial charge in [0.25, 0.3) is 0 Å². The van der Waals surface area contributed by atoms with Crippen molar-refractivity contribution in [2.24, 2.45) is 22.2 Å². The molecule has 0 aliphatic heterocycles.